The van der Waals surface area contributed by atoms with Crippen molar-refractivity contribution >= 4 is 16.6 Å². The maximum absolute atomic E-state index is 5.32. The maximum atomic E-state index is 5.32. The van der Waals surface area contributed by atoms with Gasteiger partial charge in [-0.05, 0) is 24.3 Å². The lowest BCUT2D eigenvalue weighted by atomic mass is 9.98. The molecular formula is C16H9N3O. The summed E-state index contributed by atoms with van der Waals surface area (Å²) in [5, 5.41) is 0.965. The van der Waals surface area contributed by atoms with E-state index in [-0.39, 0.29) is 0 Å². The average molecular weight is 259 g/mol. The zero-order chi connectivity index (χ0) is 13.4. The SMILES string of the molecule is [C]1N=C(c2ccnc3ccncc23)c2ccccc2O1. The van der Waals surface area contributed by atoms with Crippen LogP contribution in [0.4, 0.5) is 0 Å². The molecule has 2 aromatic heterocycles. The van der Waals surface area contributed by atoms with Gasteiger partial charge in [-0.1, -0.05) is 12.1 Å². The minimum atomic E-state index is 0.756. The molecule has 20 heavy (non-hydrogen) atoms. The van der Waals surface area contributed by atoms with Crippen molar-refractivity contribution in [2.45, 2.75) is 0 Å². The molecule has 1 aromatic carbocycles. The number of nitrogens with zero attached hydrogens (tertiary/aromatic N) is 3. The summed E-state index contributed by atoms with van der Waals surface area (Å²) >= 11 is 0. The second-order valence-electron chi connectivity index (χ2n) is 4.40. The van der Waals surface area contributed by atoms with Crippen molar-refractivity contribution < 1.29 is 4.74 Å². The Kier molecular flexibility index (Phi) is 2.45. The molecule has 0 atom stereocenters. The van der Waals surface area contributed by atoms with E-state index in [2.05, 4.69) is 21.7 Å². The van der Waals surface area contributed by atoms with Gasteiger partial charge in [0.05, 0.1) is 11.2 Å². The van der Waals surface area contributed by atoms with Crippen molar-refractivity contribution in [3.05, 3.63) is 72.8 Å². The molecule has 0 unspecified atom stereocenters. The van der Waals surface area contributed by atoms with Crippen LogP contribution in [0.25, 0.3) is 10.9 Å². The Morgan fingerprint density at radius 2 is 1.90 bits per heavy atom. The molecule has 94 valence electrons. The Hall–Kier alpha value is -2.75. The van der Waals surface area contributed by atoms with E-state index in [1.165, 1.54) is 0 Å². The smallest absolute Gasteiger partial charge is 0.336 e. The number of hydrogen-bond acceptors (Lipinski definition) is 4. The highest BCUT2D eigenvalue weighted by atomic mass is 16.5. The van der Waals surface area contributed by atoms with Crippen LogP contribution in [-0.2, 0) is 0 Å². The van der Waals surface area contributed by atoms with E-state index in [0.29, 0.717) is 0 Å². The zero-order valence-corrected chi connectivity index (χ0v) is 10.4. The molecule has 0 aliphatic carbocycles. The molecule has 3 heterocycles. The molecule has 4 nitrogen and oxygen atoms in total. The molecule has 1 aliphatic rings. The molecule has 4 rings (SSSR count). The van der Waals surface area contributed by atoms with Crippen LogP contribution in [-0.4, -0.2) is 15.7 Å². The fraction of sp³-hybridized carbons (Fsp3) is 0. The molecule has 4 heteroatoms. The van der Waals surface area contributed by atoms with Crippen molar-refractivity contribution in [1.29, 1.82) is 0 Å². The lowest BCUT2D eigenvalue weighted by Crippen LogP contribution is -2.12. The van der Waals surface area contributed by atoms with Gasteiger partial charge < -0.3 is 4.74 Å². The number of pyridine rings is 2. The molecule has 0 fully saturated rings. The van der Waals surface area contributed by atoms with E-state index >= 15 is 0 Å². The second kappa shape index (κ2) is 4.42. The van der Waals surface area contributed by atoms with Crippen LogP contribution in [0.15, 0.2) is 60.0 Å². The molecule has 0 amide bonds. The minimum absolute atomic E-state index is 0.756. The molecule has 0 bridgehead atoms. The van der Waals surface area contributed by atoms with Crippen molar-refractivity contribution in [2.24, 2.45) is 4.99 Å². The van der Waals surface area contributed by atoms with Crippen LogP contribution in [0.1, 0.15) is 11.1 Å². The normalized spacial score (nSPS) is 13.5. The first-order valence-corrected chi connectivity index (χ1v) is 6.21. The molecule has 0 N–H and O–H groups in total. The summed E-state index contributed by atoms with van der Waals surface area (Å²) in [6.07, 6.45) is 5.31. The van der Waals surface area contributed by atoms with Crippen LogP contribution >= 0.6 is 0 Å². The van der Waals surface area contributed by atoms with Crippen molar-refractivity contribution in [3.8, 4) is 5.75 Å². The fourth-order valence-electron chi connectivity index (χ4n) is 2.33. The summed E-state index contributed by atoms with van der Waals surface area (Å²) in [5.41, 5.74) is 3.64. The van der Waals surface area contributed by atoms with E-state index in [0.717, 1.165) is 33.5 Å². The number of aliphatic imine (C=N–C) groups is 1. The first-order valence-electron chi connectivity index (χ1n) is 6.21. The highest BCUT2D eigenvalue weighted by molar-refractivity contribution is 6.20. The van der Waals surface area contributed by atoms with Gasteiger partial charge >= 0.3 is 6.73 Å². The van der Waals surface area contributed by atoms with Gasteiger partial charge in [0.25, 0.3) is 0 Å². The molecule has 0 spiro atoms. The predicted octanol–water partition coefficient (Wildman–Crippen LogP) is 2.86. The van der Waals surface area contributed by atoms with Crippen molar-refractivity contribution in [2.75, 3.05) is 0 Å². The van der Waals surface area contributed by atoms with E-state index in [4.69, 9.17) is 4.74 Å². The van der Waals surface area contributed by atoms with E-state index < -0.39 is 0 Å². The van der Waals surface area contributed by atoms with Crippen LogP contribution < -0.4 is 4.74 Å². The molecule has 2 radical (unpaired) electrons. The summed E-state index contributed by atoms with van der Waals surface area (Å²) in [6.45, 7) is 2.60. The number of benzene rings is 1. The largest absolute Gasteiger partial charge is 0.453 e. The zero-order valence-electron chi connectivity index (χ0n) is 10.4. The average Bonchev–Trinajstić information content (AvgIpc) is 2.54. The fourth-order valence-corrected chi connectivity index (χ4v) is 2.33. The summed E-state index contributed by atoms with van der Waals surface area (Å²) in [5.74, 6) is 0.756. The Balaban J connectivity index is 1.98. The lowest BCUT2D eigenvalue weighted by Gasteiger charge is -2.17. The number of fused-ring (bicyclic) bond motifs is 2. The third-order valence-corrected chi connectivity index (χ3v) is 3.25. The highest BCUT2D eigenvalue weighted by Gasteiger charge is 2.19. The van der Waals surface area contributed by atoms with Crippen LogP contribution in [0, 0.1) is 6.73 Å². The van der Waals surface area contributed by atoms with Gasteiger partial charge in [0.1, 0.15) is 5.75 Å². The summed E-state index contributed by atoms with van der Waals surface area (Å²) in [7, 11) is 0. The Bertz CT molecular complexity index is 821. The van der Waals surface area contributed by atoms with E-state index in [1.54, 1.807) is 18.6 Å². The number of ether oxygens (including phenoxy) is 1. The third-order valence-electron chi connectivity index (χ3n) is 3.25. The standard InChI is InChI=1S/C16H9N3O/c1-2-4-15-12(3-1)16(19-10-20-15)11-5-8-18-14-6-7-17-9-13(11)14/h1-9H. The first kappa shape index (κ1) is 11.1. The molecular weight excluding hydrogens is 250 g/mol. The van der Waals surface area contributed by atoms with Gasteiger partial charge in [0, 0.05) is 35.1 Å². The number of hydrogen-bond donors (Lipinski definition) is 0. The number of para-hydroxylation sites is 1. The summed E-state index contributed by atoms with van der Waals surface area (Å²) in [4.78, 5) is 12.8. The monoisotopic (exact) mass is 259 g/mol. The third kappa shape index (κ3) is 1.66. The van der Waals surface area contributed by atoms with Crippen LogP contribution in [0.2, 0.25) is 0 Å². The highest BCUT2D eigenvalue weighted by Crippen LogP contribution is 2.28. The van der Waals surface area contributed by atoms with E-state index in [1.807, 2.05) is 36.4 Å². The van der Waals surface area contributed by atoms with Gasteiger partial charge in [-0.3, -0.25) is 9.97 Å². The minimum Gasteiger partial charge on any atom is -0.453 e. The molecule has 0 saturated heterocycles. The van der Waals surface area contributed by atoms with Gasteiger partial charge in [-0.2, -0.15) is 0 Å². The Morgan fingerprint density at radius 3 is 2.90 bits per heavy atom. The van der Waals surface area contributed by atoms with Crippen molar-refractivity contribution in [1.82, 2.24) is 9.97 Å². The van der Waals surface area contributed by atoms with Crippen LogP contribution in [0.3, 0.4) is 0 Å². The van der Waals surface area contributed by atoms with Gasteiger partial charge in [-0.25, -0.2) is 4.99 Å². The molecule has 3 aromatic rings. The van der Waals surface area contributed by atoms with E-state index in [9.17, 15) is 0 Å². The van der Waals surface area contributed by atoms with Gasteiger partial charge in [-0.15, -0.1) is 0 Å². The van der Waals surface area contributed by atoms with Gasteiger partial charge in [0.15, 0.2) is 0 Å². The second-order valence-corrected chi connectivity index (χ2v) is 4.40. The number of aromatic nitrogens is 2. The van der Waals surface area contributed by atoms with Crippen LogP contribution in [0.5, 0.6) is 5.75 Å². The first-order chi connectivity index (χ1) is 9.93. The predicted molar refractivity (Wildman–Crippen MR) is 75.5 cm³/mol. The Labute approximate surface area is 115 Å². The number of rotatable bonds is 1. The summed E-state index contributed by atoms with van der Waals surface area (Å²) < 4.78 is 5.32. The molecule has 1 aliphatic heterocycles. The molecule has 0 saturated carbocycles. The maximum Gasteiger partial charge on any atom is 0.336 e. The van der Waals surface area contributed by atoms with Crippen molar-refractivity contribution in [3.63, 3.8) is 0 Å². The topological polar surface area (TPSA) is 47.4 Å². The Morgan fingerprint density at radius 1 is 0.950 bits per heavy atom. The lowest BCUT2D eigenvalue weighted by molar-refractivity contribution is 0.403. The van der Waals surface area contributed by atoms with Gasteiger partial charge in [0.2, 0.25) is 0 Å². The summed E-state index contributed by atoms with van der Waals surface area (Å²) in [6, 6.07) is 11.6. The quantitative estimate of drug-likeness (QED) is 0.675.